The summed E-state index contributed by atoms with van der Waals surface area (Å²) >= 11 is 0. The van der Waals surface area contributed by atoms with Crippen molar-refractivity contribution < 1.29 is 19.5 Å². The molecule has 0 radical (unpaired) electrons. The molecule has 1 fully saturated rings. The minimum Gasteiger partial charge on any atom is -0.481 e. The third kappa shape index (κ3) is 3.21. The molecule has 2 rings (SSSR count). The van der Waals surface area contributed by atoms with Crippen molar-refractivity contribution in [2.45, 2.75) is 26.3 Å². The molecular weight excluding hydrogens is 272 g/mol. The summed E-state index contributed by atoms with van der Waals surface area (Å²) < 4.78 is 0. The van der Waals surface area contributed by atoms with Gasteiger partial charge in [0.05, 0.1) is 13.0 Å². The van der Waals surface area contributed by atoms with Crippen LogP contribution in [0.25, 0.3) is 0 Å². The lowest BCUT2D eigenvalue weighted by atomic mass is 10.1. The largest absolute Gasteiger partial charge is 0.481 e. The second-order valence-corrected chi connectivity index (χ2v) is 5.17. The number of hydrogen-bond acceptors (Lipinski definition) is 4. The zero-order valence-corrected chi connectivity index (χ0v) is 12.1. The molecule has 1 saturated heterocycles. The second kappa shape index (κ2) is 5.95. The molecule has 0 aliphatic carbocycles. The maximum absolute atomic E-state index is 12.3. The van der Waals surface area contributed by atoms with E-state index in [0.717, 1.165) is 16.2 Å². The van der Waals surface area contributed by atoms with Crippen LogP contribution in [-0.4, -0.2) is 46.9 Å². The number of amides is 2. The van der Waals surface area contributed by atoms with Crippen LogP contribution in [0.2, 0.25) is 0 Å². The number of aryl methyl sites for hydroxylation is 1. The molecule has 112 valence electrons. The Morgan fingerprint density at radius 1 is 1.29 bits per heavy atom. The number of benzene rings is 1. The van der Waals surface area contributed by atoms with Gasteiger partial charge in [-0.3, -0.25) is 19.3 Å². The summed E-state index contributed by atoms with van der Waals surface area (Å²) in [5.41, 5.74) is 1.91. The summed E-state index contributed by atoms with van der Waals surface area (Å²) in [4.78, 5) is 37.7. The van der Waals surface area contributed by atoms with Gasteiger partial charge in [0, 0.05) is 12.2 Å². The van der Waals surface area contributed by atoms with E-state index in [9.17, 15) is 14.4 Å². The first-order chi connectivity index (χ1) is 9.90. The molecule has 2 amide bonds. The van der Waals surface area contributed by atoms with E-state index in [2.05, 4.69) is 0 Å². The Balaban J connectivity index is 2.16. The van der Waals surface area contributed by atoms with Crippen molar-refractivity contribution in [1.82, 2.24) is 4.90 Å². The van der Waals surface area contributed by atoms with E-state index in [1.54, 1.807) is 11.8 Å². The Labute approximate surface area is 123 Å². The third-order valence-electron chi connectivity index (χ3n) is 3.61. The number of hydrogen-bond donors (Lipinski definition) is 1. The first-order valence-electron chi connectivity index (χ1n) is 6.79. The van der Waals surface area contributed by atoms with Crippen LogP contribution in [0.15, 0.2) is 24.3 Å². The van der Waals surface area contributed by atoms with Crippen LogP contribution in [0.4, 0.5) is 5.69 Å². The second-order valence-electron chi connectivity index (χ2n) is 5.17. The van der Waals surface area contributed by atoms with Gasteiger partial charge in [-0.05, 0) is 26.0 Å². The Hall–Kier alpha value is -2.37. The number of rotatable bonds is 4. The highest BCUT2D eigenvalue weighted by Gasteiger charge is 2.37. The summed E-state index contributed by atoms with van der Waals surface area (Å²) in [6, 6.07) is 7.11. The Bertz CT molecular complexity index is 568. The fourth-order valence-corrected chi connectivity index (χ4v) is 2.34. The summed E-state index contributed by atoms with van der Waals surface area (Å²) in [5.74, 6) is -1.74. The zero-order valence-electron chi connectivity index (χ0n) is 12.1. The minimum absolute atomic E-state index is 0.0704. The minimum atomic E-state index is -1.02. The Morgan fingerprint density at radius 2 is 1.90 bits per heavy atom. The molecular formula is C15H18N2O4. The number of carbonyl (C=O) groups is 3. The van der Waals surface area contributed by atoms with Gasteiger partial charge in [0.15, 0.2) is 0 Å². The number of carbonyl (C=O) groups excluding carboxylic acids is 2. The highest BCUT2D eigenvalue weighted by atomic mass is 16.4. The quantitative estimate of drug-likeness (QED) is 0.838. The van der Waals surface area contributed by atoms with Gasteiger partial charge in [-0.15, -0.1) is 0 Å². The highest BCUT2D eigenvalue weighted by Crippen LogP contribution is 2.22. The van der Waals surface area contributed by atoms with Crippen molar-refractivity contribution >= 4 is 23.5 Å². The molecule has 6 heteroatoms. The van der Waals surface area contributed by atoms with Crippen molar-refractivity contribution in [3.8, 4) is 0 Å². The Kier molecular flexibility index (Phi) is 4.26. The van der Waals surface area contributed by atoms with E-state index >= 15 is 0 Å². The molecule has 0 bridgehead atoms. The molecule has 1 heterocycles. The number of nitrogens with zero attached hydrogens (tertiary/aromatic N) is 2. The maximum atomic E-state index is 12.3. The number of carboxylic acids is 1. The SMILES string of the molecule is Cc1ccc(N2CC(=O)N(CCC(=O)O)C(=O)C2C)cc1. The first-order valence-corrected chi connectivity index (χ1v) is 6.79. The van der Waals surface area contributed by atoms with Gasteiger partial charge in [-0.1, -0.05) is 17.7 Å². The van der Waals surface area contributed by atoms with Gasteiger partial charge in [-0.25, -0.2) is 0 Å². The van der Waals surface area contributed by atoms with E-state index < -0.39 is 12.0 Å². The number of anilines is 1. The smallest absolute Gasteiger partial charge is 0.305 e. The molecule has 1 N–H and O–H groups in total. The van der Waals surface area contributed by atoms with Crippen molar-refractivity contribution in [3.05, 3.63) is 29.8 Å². The molecule has 1 atom stereocenters. The van der Waals surface area contributed by atoms with Crippen LogP contribution in [0.5, 0.6) is 0 Å². The van der Waals surface area contributed by atoms with Crippen LogP contribution in [0.1, 0.15) is 18.9 Å². The van der Waals surface area contributed by atoms with Gasteiger partial charge < -0.3 is 10.0 Å². The topological polar surface area (TPSA) is 77.9 Å². The molecule has 6 nitrogen and oxygen atoms in total. The first kappa shape index (κ1) is 15.0. The summed E-state index contributed by atoms with van der Waals surface area (Å²) in [7, 11) is 0. The predicted molar refractivity (Wildman–Crippen MR) is 77.0 cm³/mol. The maximum Gasteiger partial charge on any atom is 0.305 e. The average molecular weight is 290 g/mol. The number of imide groups is 1. The molecule has 1 unspecified atom stereocenters. The van der Waals surface area contributed by atoms with Crippen molar-refractivity contribution in [1.29, 1.82) is 0 Å². The fraction of sp³-hybridized carbons (Fsp3) is 0.400. The molecule has 0 spiro atoms. The monoisotopic (exact) mass is 290 g/mol. The molecule has 1 aromatic rings. The lowest BCUT2D eigenvalue weighted by molar-refractivity contribution is -0.148. The number of carboxylic acid groups (broad SMARTS) is 1. The van der Waals surface area contributed by atoms with Gasteiger partial charge in [0.1, 0.15) is 6.04 Å². The van der Waals surface area contributed by atoms with Gasteiger partial charge in [0.25, 0.3) is 5.91 Å². The molecule has 0 aromatic heterocycles. The zero-order chi connectivity index (χ0) is 15.6. The van der Waals surface area contributed by atoms with Crippen LogP contribution < -0.4 is 4.90 Å². The standard InChI is InChI=1S/C15H18N2O4/c1-10-3-5-12(6-4-10)17-9-13(18)16(8-7-14(19)20)15(21)11(17)2/h3-6,11H,7-9H2,1-2H3,(H,19,20). The lowest BCUT2D eigenvalue weighted by Gasteiger charge is -2.38. The van der Waals surface area contributed by atoms with Gasteiger partial charge >= 0.3 is 5.97 Å². The summed E-state index contributed by atoms with van der Waals surface area (Å²) in [6.45, 7) is 3.70. The van der Waals surface area contributed by atoms with E-state index in [4.69, 9.17) is 5.11 Å². The summed E-state index contributed by atoms with van der Waals surface area (Å²) in [6.07, 6.45) is -0.227. The normalized spacial score (nSPS) is 19.0. The van der Waals surface area contributed by atoms with E-state index in [0.29, 0.717) is 0 Å². The molecule has 1 aliphatic rings. The number of piperazine rings is 1. The highest BCUT2D eigenvalue weighted by molar-refractivity contribution is 6.04. The van der Waals surface area contributed by atoms with E-state index in [-0.39, 0.29) is 31.3 Å². The lowest BCUT2D eigenvalue weighted by Crippen LogP contribution is -2.59. The Morgan fingerprint density at radius 3 is 2.48 bits per heavy atom. The molecule has 0 saturated carbocycles. The molecule has 1 aromatic carbocycles. The van der Waals surface area contributed by atoms with Crippen LogP contribution >= 0.6 is 0 Å². The van der Waals surface area contributed by atoms with Crippen LogP contribution in [0, 0.1) is 6.92 Å². The van der Waals surface area contributed by atoms with Crippen molar-refractivity contribution in [2.24, 2.45) is 0 Å². The van der Waals surface area contributed by atoms with Gasteiger partial charge in [0.2, 0.25) is 5.91 Å². The number of aliphatic carboxylic acids is 1. The van der Waals surface area contributed by atoms with Crippen LogP contribution in [0.3, 0.4) is 0 Å². The molecule has 1 aliphatic heterocycles. The van der Waals surface area contributed by atoms with Crippen molar-refractivity contribution in [3.63, 3.8) is 0 Å². The van der Waals surface area contributed by atoms with Crippen molar-refractivity contribution in [2.75, 3.05) is 18.0 Å². The molecule has 21 heavy (non-hydrogen) atoms. The fourth-order valence-electron chi connectivity index (χ4n) is 2.34. The third-order valence-corrected chi connectivity index (χ3v) is 3.61. The predicted octanol–water partition coefficient (Wildman–Crippen LogP) is 1.03. The summed E-state index contributed by atoms with van der Waals surface area (Å²) in [5, 5.41) is 8.68. The van der Waals surface area contributed by atoms with Gasteiger partial charge in [-0.2, -0.15) is 0 Å². The van der Waals surface area contributed by atoms with E-state index in [1.807, 2.05) is 31.2 Å². The van der Waals surface area contributed by atoms with Crippen LogP contribution in [-0.2, 0) is 14.4 Å². The van der Waals surface area contributed by atoms with E-state index in [1.165, 1.54) is 0 Å². The average Bonchev–Trinajstić information content (AvgIpc) is 2.43.